The third-order valence-electron chi connectivity index (χ3n) is 5.93. The Morgan fingerprint density at radius 2 is 1.51 bits per heavy atom. The van der Waals surface area contributed by atoms with Gasteiger partial charge in [-0.15, -0.1) is 0 Å². The second-order valence-corrected chi connectivity index (χ2v) is 10.00. The molecule has 180 valence electrons. The van der Waals surface area contributed by atoms with E-state index < -0.39 is 0 Å². The summed E-state index contributed by atoms with van der Waals surface area (Å²) in [6.07, 6.45) is 1.72. The third kappa shape index (κ3) is 5.09. The first kappa shape index (κ1) is 24.1. The maximum Gasteiger partial charge on any atom is 0.257 e. The Balaban J connectivity index is 1.55. The lowest BCUT2D eigenvalue weighted by molar-refractivity contribution is 0.101. The number of rotatable bonds is 5. The van der Waals surface area contributed by atoms with Crippen LogP contribution in [0.5, 0.6) is 0 Å². The topological polar surface area (TPSA) is 88.9 Å². The molecule has 0 saturated heterocycles. The lowest BCUT2D eigenvalue weighted by atomic mass is 9.87. The first-order chi connectivity index (χ1) is 16.5. The molecule has 2 aromatic carbocycles. The molecule has 0 fully saturated rings. The van der Waals surface area contributed by atoms with Gasteiger partial charge in [-0.1, -0.05) is 45.0 Å². The van der Waals surface area contributed by atoms with Crippen molar-refractivity contribution >= 4 is 34.2 Å². The van der Waals surface area contributed by atoms with Gasteiger partial charge in [0, 0.05) is 17.0 Å². The molecule has 4 rings (SSSR count). The van der Waals surface area contributed by atoms with E-state index in [-0.39, 0.29) is 23.3 Å². The van der Waals surface area contributed by atoms with E-state index in [1.165, 1.54) is 0 Å². The number of nitrogens with zero attached hydrogens (tertiary/aromatic N) is 3. The number of aromatic nitrogens is 3. The van der Waals surface area contributed by atoms with Gasteiger partial charge in [0.2, 0.25) is 0 Å². The molecule has 2 amide bonds. The van der Waals surface area contributed by atoms with E-state index in [0.717, 1.165) is 16.6 Å². The number of amides is 2. The Labute approximate surface area is 205 Å². The molecule has 0 aliphatic rings. The fourth-order valence-corrected chi connectivity index (χ4v) is 3.88. The van der Waals surface area contributed by atoms with Crippen LogP contribution in [0.1, 0.15) is 72.6 Å². The van der Waals surface area contributed by atoms with Gasteiger partial charge in [0.1, 0.15) is 0 Å². The number of nitrogens with one attached hydrogen (secondary N) is 2. The zero-order valence-corrected chi connectivity index (χ0v) is 21.0. The molecule has 2 heterocycles. The summed E-state index contributed by atoms with van der Waals surface area (Å²) in [7, 11) is 0. The van der Waals surface area contributed by atoms with Gasteiger partial charge in [-0.3, -0.25) is 9.59 Å². The van der Waals surface area contributed by atoms with Crippen molar-refractivity contribution in [3.05, 3.63) is 83.2 Å². The minimum Gasteiger partial charge on any atom is -0.320 e. The van der Waals surface area contributed by atoms with Gasteiger partial charge in [-0.2, -0.15) is 5.10 Å². The van der Waals surface area contributed by atoms with Crippen LogP contribution in [0.4, 0.5) is 11.4 Å². The second-order valence-electron chi connectivity index (χ2n) is 10.00. The summed E-state index contributed by atoms with van der Waals surface area (Å²) in [5, 5.41) is 11.0. The summed E-state index contributed by atoms with van der Waals surface area (Å²) in [6.45, 7) is 12.3. The third-order valence-corrected chi connectivity index (χ3v) is 5.93. The predicted octanol–water partition coefficient (Wildman–Crippen LogP) is 6.12. The van der Waals surface area contributed by atoms with Crippen LogP contribution >= 0.6 is 0 Å². The normalized spacial score (nSPS) is 11.6. The predicted molar refractivity (Wildman–Crippen MR) is 140 cm³/mol. The maximum absolute atomic E-state index is 13.2. The van der Waals surface area contributed by atoms with Gasteiger partial charge in [-0.05, 0) is 62.1 Å². The molecule has 7 nitrogen and oxygen atoms in total. The fraction of sp³-hybridized carbons (Fsp3) is 0.286. The zero-order chi connectivity index (χ0) is 25.3. The number of pyridine rings is 1. The lowest BCUT2D eigenvalue weighted by Crippen LogP contribution is -2.18. The van der Waals surface area contributed by atoms with Gasteiger partial charge in [0.15, 0.2) is 5.65 Å². The van der Waals surface area contributed by atoms with Gasteiger partial charge < -0.3 is 10.6 Å². The van der Waals surface area contributed by atoms with Crippen molar-refractivity contribution < 1.29 is 9.59 Å². The number of anilines is 2. The van der Waals surface area contributed by atoms with Gasteiger partial charge in [0.25, 0.3) is 11.8 Å². The molecular weight excluding hydrogens is 438 g/mol. The Kier molecular flexibility index (Phi) is 6.43. The largest absolute Gasteiger partial charge is 0.320 e. The monoisotopic (exact) mass is 469 g/mol. The number of carbonyl (C=O) groups is 2. The molecule has 2 aromatic heterocycles. The molecule has 4 aromatic rings. The van der Waals surface area contributed by atoms with E-state index in [2.05, 4.69) is 41.5 Å². The first-order valence-electron chi connectivity index (χ1n) is 11.7. The Morgan fingerprint density at radius 1 is 0.914 bits per heavy atom. The number of para-hydroxylation sites is 2. The molecule has 0 unspecified atom stereocenters. The van der Waals surface area contributed by atoms with Crippen molar-refractivity contribution in [2.75, 3.05) is 10.6 Å². The van der Waals surface area contributed by atoms with Crippen molar-refractivity contribution in [2.45, 2.75) is 53.0 Å². The molecule has 0 saturated carbocycles. The van der Waals surface area contributed by atoms with Crippen LogP contribution in [-0.2, 0) is 5.41 Å². The van der Waals surface area contributed by atoms with Crippen molar-refractivity contribution in [1.82, 2.24) is 14.8 Å². The van der Waals surface area contributed by atoms with Crippen molar-refractivity contribution in [2.24, 2.45) is 0 Å². The van der Waals surface area contributed by atoms with Gasteiger partial charge >= 0.3 is 0 Å². The minimum absolute atomic E-state index is 0.00929. The number of hydrogen-bond donors (Lipinski definition) is 2. The van der Waals surface area contributed by atoms with Crippen LogP contribution < -0.4 is 10.6 Å². The smallest absolute Gasteiger partial charge is 0.257 e. The molecule has 2 N–H and O–H groups in total. The SMILES string of the molecule is Cc1nc2c(cnn2C(C)C)cc1C(=O)Nc1ccccc1NC(=O)c1ccc(C(C)(C)C)cc1. The summed E-state index contributed by atoms with van der Waals surface area (Å²) in [6, 6.07) is 16.7. The highest BCUT2D eigenvalue weighted by Crippen LogP contribution is 2.26. The molecule has 0 radical (unpaired) electrons. The van der Waals surface area contributed by atoms with Crippen molar-refractivity contribution in [3.63, 3.8) is 0 Å². The molecular formula is C28H31N5O2. The standard InChI is InChI=1S/C28H31N5O2/c1-17(2)33-25-20(16-29-33)15-22(18(3)30-25)27(35)32-24-10-8-7-9-23(24)31-26(34)19-11-13-21(14-12-19)28(4,5)6/h7-17H,1-6H3,(H,31,34)(H,32,35). The van der Waals surface area contributed by atoms with E-state index >= 15 is 0 Å². The Hall–Kier alpha value is -4.00. The second kappa shape index (κ2) is 9.33. The molecule has 35 heavy (non-hydrogen) atoms. The Morgan fingerprint density at radius 3 is 2.09 bits per heavy atom. The summed E-state index contributed by atoms with van der Waals surface area (Å²) >= 11 is 0. The number of hydrogen-bond acceptors (Lipinski definition) is 4. The van der Waals surface area contributed by atoms with Crippen LogP contribution in [0.3, 0.4) is 0 Å². The zero-order valence-electron chi connectivity index (χ0n) is 21.0. The first-order valence-corrected chi connectivity index (χ1v) is 11.7. The van der Waals surface area contributed by atoms with Gasteiger partial charge in [0.05, 0.1) is 28.8 Å². The summed E-state index contributed by atoms with van der Waals surface area (Å²) < 4.78 is 1.84. The number of benzene rings is 2. The summed E-state index contributed by atoms with van der Waals surface area (Å²) in [5.41, 5.74) is 4.56. The number of carbonyl (C=O) groups excluding carboxylic acids is 2. The molecule has 7 heteroatoms. The van der Waals surface area contributed by atoms with E-state index in [4.69, 9.17) is 0 Å². The quantitative estimate of drug-likeness (QED) is 0.368. The maximum atomic E-state index is 13.2. The number of fused-ring (bicyclic) bond motifs is 1. The van der Waals surface area contributed by atoms with Crippen LogP contribution in [0, 0.1) is 6.92 Å². The highest BCUT2D eigenvalue weighted by Gasteiger charge is 2.18. The van der Waals surface area contributed by atoms with E-state index in [9.17, 15) is 9.59 Å². The highest BCUT2D eigenvalue weighted by molar-refractivity contribution is 6.11. The fourth-order valence-electron chi connectivity index (χ4n) is 3.88. The average Bonchev–Trinajstić information content (AvgIpc) is 3.22. The average molecular weight is 470 g/mol. The van der Waals surface area contributed by atoms with Crippen molar-refractivity contribution in [1.29, 1.82) is 0 Å². The van der Waals surface area contributed by atoms with E-state index in [0.29, 0.717) is 28.2 Å². The van der Waals surface area contributed by atoms with Crippen molar-refractivity contribution in [3.8, 4) is 0 Å². The van der Waals surface area contributed by atoms with Crippen LogP contribution in [0.2, 0.25) is 0 Å². The molecule has 0 atom stereocenters. The molecule has 0 spiro atoms. The van der Waals surface area contributed by atoms with Crippen LogP contribution in [-0.4, -0.2) is 26.6 Å². The molecule has 0 aliphatic carbocycles. The van der Waals surface area contributed by atoms with Gasteiger partial charge in [-0.25, -0.2) is 9.67 Å². The minimum atomic E-state index is -0.301. The lowest BCUT2D eigenvalue weighted by Gasteiger charge is -2.19. The summed E-state index contributed by atoms with van der Waals surface area (Å²) in [4.78, 5) is 30.7. The number of aryl methyl sites for hydroxylation is 1. The molecule has 0 aliphatic heterocycles. The van der Waals surface area contributed by atoms with E-state index in [1.807, 2.05) is 54.9 Å². The molecule has 0 bridgehead atoms. The Bertz CT molecular complexity index is 1400. The summed E-state index contributed by atoms with van der Waals surface area (Å²) in [5.74, 6) is -0.544. The van der Waals surface area contributed by atoms with Crippen LogP contribution in [0.25, 0.3) is 11.0 Å². The van der Waals surface area contributed by atoms with Crippen LogP contribution in [0.15, 0.2) is 60.8 Å². The highest BCUT2D eigenvalue weighted by atomic mass is 16.2. The van der Waals surface area contributed by atoms with E-state index in [1.54, 1.807) is 31.3 Å².